The zero-order chi connectivity index (χ0) is 58.6. The van der Waals surface area contributed by atoms with Crippen molar-refractivity contribution < 1.29 is 18.3 Å². The Labute approximate surface area is 442 Å². The van der Waals surface area contributed by atoms with Crippen LogP contribution in [0, 0.1) is 6.33 Å². The second-order valence-corrected chi connectivity index (χ2v) is 20.4. The Morgan fingerprint density at radius 3 is 1.75 bits per heavy atom. The van der Waals surface area contributed by atoms with Crippen molar-refractivity contribution in [3.63, 3.8) is 0 Å². The summed E-state index contributed by atoms with van der Waals surface area (Å²) in [4.78, 5) is 7.27. The highest BCUT2D eigenvalue weighted by atomic mass is 15.2. The molecule has 12 aromatic rings. The fourth-order valence-electron chi connectivity index (χ4n) is 9.91. The van der Waals surface area contributed by atoms with Crippen molar-refractivity contribution in [2.24, 2.45) is 0 Å². The molecule has 0 unspecified atom stereocenters. The SMILES string of the molecule is [2H]c1c([2H])c([2H])c(-c2cccc(-c3c([2H])c([2H])c([2H])c([2H])c3[2H])c2-[n+]2[c-]n(-c3cccc(N(c4ccccc4)c4ccc5c6ccc(-c7ccc(C(C)(C)C)cc7)cc6n(-c6cc(C(C)(C)C)ccn6)c5c4)c3)c3ccccc32)c([2H])c1[2H]. The lowest BCUT2D eigenvalue weighted by Gasteiger charge is -2.26. The van der Waals surface area contributed by atoms with E-state index in [1.807, 2.05) is 71.4 Å². The van der Waals surface area contributed by atoms with E-state index in [2.05, 4.69) is 148 Å². The predicted molar refractivity (Wildman–Crippen MR) is 304 cm³/mol. The standard InChI is InChI=1S/C68H57N5/c1-67(2,3)51-35-32-47(33-36-51)50-34-38-59-60-39-37-56(45-64(60)73(63(59)42-50)65-43-52(40-41-69-65)68(4,5)6)72(53-24-14-9-15-25-53)55-27-18-26-54(44-55)70-46-71(62-31-17-16-30-61(62)70)66-57(48-20-10-7-11-21-48)28-19-29-58(66)49-22-12-8-13-23-49/h7-45H,1-6H3/i7D,8D,10D,11D,12D,13D,20D,21D,22D,23D. The lowest BCUT2D eigenvalue weighted by Crippen LogP contribution is -2.31. The van der Waals surface area contributed by atoms with Gasteiger partial charge < -0.3 is 4.90 Å². The highest BCUT2D eigenvalue weighted by molar-refractivity contribution is 6.11. The number of para-hydroxylation sites is 4. The first-order valence-corrected chi connectivity index (χ1v) is 24.5. The number of pyridine rings is 1. The normalized spacial score (nSPS) is 13.9. The molecule has 3 aromatic heterocycles. The van der Waals surface area contributed by atoms with Gasteiger partial charge >= 0.3 is 0 Å². The first-order chi connectivity index (χ1) is 39.6. The molecule has 0 atom stereocenters. The van der Waals surface area contributed by atoms with Gasteiger partial charge in [0.2, 0.25) is 0 Å². The van der Waals surface area contributed by atoms with Crippen LogP contribution in [0.25, 0.3) is 83.4 Å². The first-order valence-electron chi connectivity index (χ1n) is 29.5. The van der Waals surface area contributed by atoms with E-state index in [0.717, 1.165) is 61.4 Å². The molecule has 0 aliphatic heterocycles. The summed E-state index contributed by atoms with van der Waals surface area (Å²) in [5.74, 6) is 0.800. The number of anilines is 3. The molecule has 73 heavy (non-hydrogen) atoms. The van der Waals surface area contributed by atoms with Crippen LogP contribution in [-0.4, -0.2) is 14.1 Å². The van der Waals surface area contributed by atoms with Gasteiger partial charge in [0.1, 0.15) is 5.82 Å². The highest BCUT2D eigenvalue weighted by Crippen LogP contribution is 2.42. The maximum absolute atomic E-state index is 9.15. The number of aromatic nitrogens is 4. The summed E-state index contributed by atoms with van der Waals surface area (Å²) >= 11 is 0. The van der Waals surface area contributed by atoms with E-state index in [0.29, 0.717) is 16.7 Å². The van der Waals surface area contributed by atoms with Crippen LogP contribution in [0.4, 0.5) is 17.1 Å². The lowest BCUT2D eigenvalue weighted by atomic mass is 9.86. The third-order valence-corrected chi connectivity index (χ3v) is 13.7. The third-order valence-electron chi connectivity index (χ3n) is 13.7. The van der Waals surface area contributed by atoms with Crippen LogP contribution in [-0.2, 0) is 10.8 Å². The van der Waals surface area contributed by atoms with Crippen molar-refractivity contribution in [3.8, 4) is 50.6 Å². The Morgan fingerprint density at radius 1 is 0.479 bits per heavy atom. The molecule has 0 fully saturated rings. The van der Waals surface area contributed by atoms with Gasteiger partial charge in [-0.1, -0.05) is 211 Å². The zero-order valence-electron chi connectivity index (χ0n) is 51.5. The lowest BCUT2D eigenvalue weighted by molar-refractivity contribution is -0.571. The van der Waals surface area contributed by atoms with Gasteiger partial charge in [-0.15, -0.1) is 0 Å². The fourth-order valence-corrected chi connectivity index (χ4v) is 9.91. The van der Waals surface area contributed by atoms with E-state index >= 15 is 0 Å². The molecule has 3 heterocycles. The van der Waals surface area contributed by atoms with E-state index in [4.69, 9.17) is 18.7 Å². The Hall–Kier alpha value is -8.80. The number of nitrogens with zero attached hydrogens (tertiary/aromatic N) is 5. The molecule has 0 N–H and O–H groups in total. The van der Waals surface area contributed by atoms with Gasteiger partial charge in [-0.2, -0.15) is 0 Å². The van der Waals surface area contributed by atoms with E-state index in [9.17, 15) is 0 Å². The zero-order valence-corrected chi connectivity index (χ0v) is 41.5. The molecule has 0 saturated carbocycles. The molecule has 0 bridgehead atoms. The summed E-state index contributed by atoms with van der Waals surface area (Å²) in [6.07, 6.45) is 5.44. The number of benzene rings is 9. The van der Waals surface area contributed by atoms with Crippen LogP contribution in [0.3, 0.4) is 0 Å². The molecule has 5 nitrogen and oxygen atoms in total. The second-order valence-electron chi connectivity index (χ2n) is 20.4. The quantitative estimate of drug-likeness (QED) is 0.107. The third kappa shape index (κ3) is 8.37. The highest BCUT2D eigenvalue weighted by Gasteiger charge is 2.24. The van der Waals surface area contributed by atoms with Crippen LogP contribution >= 0.6 is 0 Å². The molecule has 0 aliphatic rings. The van der Waals surface area contributed by atoms with Gasteiger partial charge in [-0.3, -0.25) is 13.7 Å². The Balaban J connectivity index is 1.07. The van der Waals surface area contributed by atoms with Gasteiger partial charge in [0.05, 0.1) is 47.1 Å². The Morgan fingerprint density at radius 2 is 1.07 bits per heavy atom. The number of imidazole rings is 1. The molecule has 0 spiro atoms. The van der Waals surface area contributed by atoms with E-state index < -0.39 is 60.4 Å². The molecule has 9 aromatic carbocycles. The minimum absolute atomic E-state index is 0.0199. The van der Waals surface area contributed by atoms with Crippen LogP contribution in [0.5, 0.6) is 0 Å². The molecule has 0 amide bonds. The summed E-state index contributed by atoms with van der Waals surface area (Å²) in [6, 6.07) is 51.7. The largest absolute Gasteiger partial charge is 0.311 e. The fraction of sp³-hybridized carbons (Fsp3) is 0.118. The Bertz CT molecular complexity index is 4450. The molecule has 0 aliphatic carbocycles. The van der Waals surface area contributed by atoms with E-state index in [-0.39, 0.29) is 38.8 Å². The maximum atomic E-state index is 9.15. The van der Waals surface area contributed by atoms with Gasteiger partial charge in [0.15, 0.2) is 0 Å². The average molecular weight is 954 g/mol. The molecular weight excluding hydrogens is 887 g/mol. The summed E-state index contributed by atoms with van der Waals surface area (Å²) in [6.45, 7) is 13.3. The summed E-state index contributed by atoms with van der Waals surface area (Å²) < 4.78 is 94.1. The predicted octanol–water partition coefficient (Wildman–Crippen LogP) is 17.3. The summed E-state index contributed by atoms with van der Waals surface area (Å²) in [5, 5.41) is 2.15. The topological polar surface area (TPSA) is 29.9 Å². The van der Waals surface area contributed by atoms with Gasteiger partial charge in [-0.25, -0.2) is 4.98 Å². The van der Waals surface area contributed by atoms with Crippen LogP contribution in [0.15, 0.2) is 236 Å². The maximum Gasteiger partial charge on any atom is 0.269 e. The smallest absolute Gasteiger partial charge is 0.269 e. The molecule has 0 saturated heterocycles. The molecule has 354 valence electrons. The first kappa shape index (κ1) is 35.3. The van der Waals surface area contributed by atoms with Crippen molar-refractivity contribution in [1.82, 2.24) is 14.1 Å². The Kier molecular flexibility index (Phi) is 8.76. The second kappa shape index (κ2) is 18.1. The van der Waals surface area contributed by atoms with Crippen molar-refractivity contribution in [2.45, 2.75) is 52.4 Å². The van der Waals surface area contributed by atoms with Crippen molar-refractivity contribution >= 4 is 49.9 Å². The monoisotopic (exact) mass is 954 g/mol. The number of rotatable bonds is 9. The van der Waals surface area contributed by atoms with E-state index in [1.165, 1.54) is 5.56 Å². The van der Waals surface area contributed by atoms with Gasteiger partial charge in [0, 0.05) is 34.0 Å². The minimum Gasteiger partial charge on any atom is -0.311 e. The molecule has 5 heteroatoms. The molecular formula is C68H57N5. The molecule has 0 radical (unpaired) electrons. The van der Waals surface area contributed by atoms with E-state index in [1.54, 1.807) is 22.8 Å². The van der Waals surface area contributed by atoms with Crippen LogP contribution < -0.4 is 9.47 Å². The van der Waals surface area contributed by atoms with Crippen molar-refractivity contribution in [1.29, 1.82) is 0 Å². The van der Waals surface area contributed by atoms with Crippen molar-refractivity contribution in [2.75, 3.05) is 4.90 Å². The average Bonchev–Trinajstić information content (AvgIpc) is 3.49. The van der Waals surface area contributed by atoms with Crippen molar-refractivity contribution in [3.05, 3.63) is 254 Å². The van der Waals surface area contributed by atoms with Gasteiger partial charge in [0.25, 0.3) is 6.33 Å². The number of fused-ring (bicyclic) bond motifs is 4. The summed E-state index contributed by atoms with van der Waals surface area (Å²) in [5.41, 5.74) is 11.3. The van der Waals surface area contributed by atoms with Gasteiger partial charge in [-0.05, 0) is 116 Å². The van der Waals surface area contributed by atoms with Crippen LogP contribution in [0.1, 0.15) is 66.4 Å². The number of hydrogen-bond acceptors (Lipinski definition) is 2. The summed E-state index contributed by atoms with van der Waals surface area (Å²) in [7, 11) is 0. The minimum atomic E-state index is -0.565. The molecule has 12 rings (SSSR count). The van der Waals surface area contributed by atoms with Crippen LogP contribution in [0.2, 0.25) is 0 Å². The number of hydrogen-bond donors (Lipinski definition) is 0.